The van der Waals surface area contributed by atoms with E-state index in [-0.39, 0.29) is 5.38 Å². The molecule has 0 spiro atoms. The second kappa shape index (κ2) is 7.13. The zero-order chi connectivity index (χ0) is 15.4. The molecule has 0 aromatic heterocycles. The van der Waals surface area contributed by atoms with Gasteiger partial charge < -0.3 is 0 Å². The van der Waals surface area contributed by atoms with Crippen LogP contribution in [0.3, 0.4) is 0 Å². The molecule has 1 heteroatoms. The van der Waals surface area contributed by atoms with Crippen molar-refractivity contribution in [3.8, 4) is 0 Å². The van der Waals surface area contributed by atoms with E-state index >= 15 is 0 Å². The van der Waals surface area contributed by atoms with Crippen LogP contribution in [-0.2, 0) is 19.3 Å². The molecule has 0 heterocycles. The first-order chi connectivity index (χ1) is 10.0. The van der Waals surface area contributed by atoms with Gasteiger partial charge in [0.05, 0.1) is 5.38 Å². The molecule has 2 aromatic rings. The molecule has 0 saturated heterocycles. The Morgan fingerprint density at radius 1 is 0.857 bits per heavy atom. The van der Waals surface area contributed by atoms with Crippen LogP contribution in [0.4, 0.5) is 0 Å². The molecule has 0 aliphatic rings. The first-order valence-electron chi connectivity index (χ1n) is 7.87. The normalized spacial score (nSPS) is 12.4. The lowest BCUT2D eigenvalue weighted by Gasteiger charge is -2.15. The number of benzene rings is 2. The zero-order valence-electron chi connectivity index (χ0n) is 13.5. The van der Waals surface area contributed by atoms with E-state index in [2.05, 4.69) is 64.1 Å². The predicted molar refractivity (Wildman–Crippen MR) is 93.4 cm³/mol. The molecule has 0 nitrogen and oxygen atoms in total. The van der Waals surface area contributed by atoms with E-state index in [0.29, 0.717) is 0 Å². The molecule has 0 aliphatic heterocycles. The van der Waals surface area contributed by atoms with Crippen LogP contribution in [-0.4, -0.2) is 0 Å². The van der Waals surface area contributed by atoms with Crippen LogP contribution < -0.4 is 0 Å². The Morgan fingerprint density at radius 3 is 2.24 bits per heavy atom. The van der Waals surface area contributed by atoms with Crippen molar-refractivity contribution in [3.05, 3.63) is 69.8 Å². The average Bonchev–Trinajstić information content (AvgIpc) is 2.50. The van der Waals surface area contributed by atoms with Gasteiger partial charge in [-0.1, -0.05) is 55.8 Å². The summed E-state index contributed by atoms with van der Waals surface area (Å²) in [5.74, 6) is 0. The number of aryl methyl sites for hydroxylation is 4. The van der Waals surface area contributed by atoms with Gasteiger partial charge in [-0.3, -0.25) is 0 Å². The molecule has 0 aliphatic carbocycles. The zero-order valence-corrected chi connectivity index (χ0v) is 14.3. The Labute approximate surface area is 134 Å². The maximum Gasteiger partial charge on any atom is 0.0625 e. The van der Waals surface area contributed by atoms with Gasteiger partial charge in [-0.05, 0) is 60.9 Å². The van der Waals surface area contributed by atoms with E-state index in [1.807, 2.05) is 0 Å². The van der Waals surface area contributed by atoms with Crippen molar-refractivity contribution < 1.29 is 0 Å². The third kappa shape index (κ3) is 3.89. The van der Waals surface area contributed by atoms with Crippen LogP contribution in [0, 0.1) is 13.8 Å². The number of hydrogen-bond donors (Lipinski definition) is 0. The molecule has 1 atom stereocenters. The molecule has 112 valence electrons. The topological polar surface area (TPSA) is 0 Å². The van der Waals surface area contributed by atoms with Crippen molar-refractivity contribution >= 4 is 11.6 Å². The minimum atomic E-state index is 0.0432. The van der Waals surface area contributed by atoms with Gasteiger partial charge >= 0.3 is 0 Å². The second-order valence-electron chi connectivity index (χ2n) is 5.84. The Morgan fingerprint density at radius 2 is 1.57 bits per heavy atom. The molecule has 2 aromatic carbocycles. The van der Waals surface area contributed by atoms with Gasteiger partial charge in [0.25, 0.3) is 0 Å². The van der Waals surface area contributed by atoms with Gasteiger partial charge in [-0.25, -0.2) is 0 Å². The molecule has 1 unspecified atom stereocenters. The smallest absolute Gasteiger partial charge is 0.0625 e. The standard InChI is InChI=1S/C20H25Cl/c1-5-16-9-10-18(12-17(16)6-2)20(21)13-19-11-14(3)7-8-15(19)4/h7-12,20H,5-6,13H2,1-4H3. The molecule has 21 heavy (non-hydrogen) atoms. The number of rotatable bonds is 5. The molecule has 0 saturated carbocycles. The van der Waals surface area contributed by atoms with Gasteiger partial charge in [0.15, 0.2) is 0 Å². The highest BCUT2D eigenvalue weighted by molar-refractivity contribution is 6.20. The van der Waals surface area contributed by atoms with Gasteiger partial charge in [0, 0.05) is 0 Å². The quantitative estimate of drug-likeness (QED) is 0.598. The maximum atomic E-state index is 6.69. The fourth-order valence-corrected chi connectivity index (χ4v) is 3.15. The number of alkyl halides is 1. The van der Waals surface area contributed by atoms with E-state index in [0.717, 1.165) is 19.3 Å². The highest BCUT2D eigenvalue weighted by atomic mass is 35.5. The summed E-state index contributed by atoms with van der Waals surface area (Å²) in [4.78, 5) is 0. The average molecular weight is 301 g/mol. The van der Waals surface area contributed by atoms with Gasteiger partial charge in [0.1, 0.15) is 0 Å². The van der Waals surface area contributed by atoms with Gasteiger partial charge in [-0.2, -0.15) is 0 Å². The van der Waals surface area contributed by atoms with E-state index in [4.69, 9.17) is 11.6 Å². The van der Waals surface area contributed by atoms with Crippen molar-refractivity contribution in [1.82, 2.24) is 0 Å². The fourth-order valence-electron chi connectivity index (χ4n) is 2.85. The van der Waals surface area contributed by atoms with Crippen molar-refractivity contribution in [1.29, 1.82) is 0 Å². The fraction of sp³-hybridized carbons (Fsp3) is 0.400. The summed E-state index contributed by atoms with van der Waals surface area (Å²) >= 11 is 6.69. The summed E-state index contributed by atoms with van der Waals surface area (Å²) in [5.41, 5.74) is 8.10. The summed E-state index contributed by atoms with van der Waals surface area (Å²) in [6.45, 7) is 8.72. The van der Waals surface area contributed by atoms with Crippen LogP contribution in [0.1, 0.15) is 52.6 Å². The molecule has 0 bridgehead atoms. The van der Waals surface area contributed by atoms with Crippen molar-refractivity contribution in [2.24, 2.45) is 0 Å². The highest BCUT2D eigenvalue weighted by Crippen LogP contribution is 2.28. The third-order valence-electron chi connectivity index (χ3n) is 4.26. The maximum absolute atomic E-state index is 6.69. The van der Waals surface area contributed by atoms with Crippen LogP contribution in [0.25, 0.3) is 0 Å². The van der Waals surface area contributed by atoms with Crippen molar-refractivity contribution in [2.75, 3.05) is 0 Å². The number of hydrogen-bond acceptors (Lipinski definition) is 0. The van der Waals surface area contributed by atoms with Crippen molar-refractivity contribution in [2.45, 2.75) is 52.3 Å². The minimum Gasteiger partial charge on any atom is -0.117 e. The van der Waals surface area contributed by atoms with Crippen LogP contribution >= 0.6 is 11.6 Å². The van der Waals surface area contributed by atoms with Crippen molar-refractivity contribution in [3.63, 3.8) is 0 Å². The summed E-state index contributed by atoms with van der Waals surface area (Å²) in [5, 5.41) is 0.0432. The third-order valence-corrected chi connectivity index (χ3v) is 4.66. The van der Waals surface area contributed by atoms with Crippen LogP contribution in [0.5, 0.6) is 0 Å². The summed E-state index contributed by atoms with van der Waals surface area (Å²) in [6.07, 6.45) is 3.06. The molecule has 0 radical (unpaired) electrons. The van der Waals surface area contributed by atoms with Crippen LogP contribution in [0.2, 0.25) is 0 Å². The Balaban J connectivity index is 2.24. The lowest BCUT2D eigenvalue weighted by atomic mass is 9.95. The van der Waals surface area contributed by atoms with E-state index in [1.165, 1.54) is 33.4 Å². The second-order valence-corrected chi connectivity index (χ2v) is 6.36. The van der Waals surface area contributed by atoms with E-state index in [1.54, 1.807) is 0 Å². The Kier molecular flexibility index (Phi) is 5.47. The summed E-state index contributed by atoms with van der Waals surface area (Å²) in [7, 11) is 0. The first kappa shape index (κ1) is 16.1. The lowest BCUT2D eigenvalue weighted by molar-refractivity contribution is 0.899. The summed E-state index contributed by atoms with van der Waals surface area (Å²) < 4.78 is 0. The number of halogens is 1. The lowest BCUT2D eigenvalue weighted by Crippen LogP contribution is -2.01. The first-order valence-corrected chi connectivity index (χ1v) is 8.30. The molecule has 0 fully saturated rings. The minimum absolute atomic E-state index is 0.0432. The molecular formula is C20H25Cl. The van der Waals surface area contributed by atoms with Crippen LogP contribution in [0.15, 0.2) is 36.4 Å². The Hall–Kier alpha value is -1.27. The van der Waals surface area contributed by atoms with E-state index in [9.17, 15) is 0 Å². The van der Waals surface area contributed by atoms with Gasteiger partial charge in [0.2, 0.25) is 0 Å². The monoisotopic (exact) mass is 300 g/mol. The Bertz CT molecular complexity index is 613. The molecular weight excluding hydrogens is 276 g/mol. The predicted octanol–water partition coefficient (Wildman–Crippen LogP) is 5.95. The van der Waals surface area contributed by atoms with Gasteiger partial charge in [-0.15, -0.1) is 11.6 Å². The molecule has 0 amide bonds. The SMILES string of the molecule is CCc1ccc(C(Cl)Cc2cc(C)ccc2C)cc1CC. The van der Waals surface area contributed by atoms with E-state index < -0.39 is 0 Å². The summed E-state index contributed by atoms with van der Waals surface area (Å²) in [6, 6.07) is 13.3. The molecule has 0 N–H and O–H groups in total. The largest absolute Gasteiger partial charge is 0.117 e. The highest BCUT2D eigenvalue weighted by Gasteiger charge is 2.12. The molecule has 2 rings (SSSR count).